The van der Waals surface area contributed by atoms with Crippen molar-refractivity contribution in [3.05, 3.63) is 101 Å². The molecule has 0 heterocycles. The van der Waals surface area contributed by atoms with Gasteiger partial charge in [0, 0.05) is 30.0 Å². The zero-order valence-electron chi connectivity index (χ0n) is 18.6. The number of amides is 1. The van der Waals surface area contributed by atoms with Crippen molar-refractivity contribution in [3.63, 3.8) is 0 Å². The molecule has 0 unspecified atom stereocenters. The number of nitrogens with zero attached hydrogens (tertiary/aromatic N) is 3. The van der Waals surface area contributed by atoms with Crippen LogP contribution in [0.15, 0.2) is 66.2 Å². The Morgan fingerprint density at radius 2 is 1.75 bits per heavy atom. The molecule has 0 saturated carbocycles. The number of nitro benzene ring substituents is 2. The monoisotopic (exact) mass is 600 g/mol. The first kappa shape index (κ1) is 26.1. The first-order valence-electron chi connectivity index (χ1n) is 10.1. The van der Waals surface area contributed by atoms with Gasteiger partial charge in [0.15, 0.2) is 11.5 Å². The number of hydrogen-bond acceptors (Lipinski definition) is 8. The van der Waals surface area contributed by atoms with Crippen LogP contribution >= 0.6 is 22.6 Å². The van der Waals surface area contributed by atoms with Crippen molar-refractivity contribution >= 4 is 51.6 Å². The highest BCUT2D eigenvalue weighted by Gasteiger charge is 2.16. The number of rotatable bonds is 9. The van der Waals surface area contributed by atoms with E-state index in [0.29, 0.717) is 26.2 Å². The van der Waals surface area contributed by atoms with Gasteiger partial charge in [0.2, 0.25) is 0 Å². The molecular formula is C24H17IN4O7. The third kappa shape index (κ3) is 6.54. The number of non-ortho nitro benzene ring substituents is 2. The number of ether oxygens (including phenoxy) is 2. The van der Waals surface area contributed by atoms with E-state index in [4.69, 9.17) is 9.47 Å². The largest absolute Gasteiger partial charge is 0.493 e. The Labute approximate surface area is 218 Å². The van der Waals surface area contributed by atoms with E-state index in [9.17, 15) is 30.3 Å². The molecule has 0 aliphatic rings. The summed E-state index contributed by atoms with van der Waals surface area (Å²) in [7, 11) is 1.43. The lowest BCUT2D eigenvalue weighted by Gasteiger charge is -2.14. The lowest BCUT2D eigenvalue weighted by molar-refractivity contribution is -0.385. The van der Waals surface area contributed by atoms with Gasteiger partial charge in [-0.15, -0.1) is 0 Å². The van der Waals surface area contributed by atoms with E-state index >= 15 is 0 Å². The van der Waals surface area contributed by atoms with Crippen molar-refractivity contribution in [3.8, 4) is 17.6 Å². The predicted molar refractivity (Wildman–Crippen MR) is 138 cm³/mol. The van der Waals surface area contributed by atoms with Gasteiger partial charge in [-0.2, -0.15) is 5.26 Å². The molecule has 3 aromatic rings. The number of nitrogens with one attached hydrogen (secondary N) is 1. The van der Waals surface area contributed by atoms with Crippen molar-refractivity contribution in [2.45, 2.75) is 6.61 Å². The van der Waals surface area contributed by atoms with E-state index in [0.717, 1.165) is 0 Å². The smallest absolute Gasteiger partial charge is 0.271 e. The Morgan fingerprint density at radius 3 is 2.39 bits per heavy atom. The molecule has 0 saturated heterocycles. The van der Waals surface area contributed by atoms with Gasteiger partial charge in [0.25, 0.3) is 17.3 Å². The van der Waals surface area contributed by atoms with Crippen LogP contribution in [0.4, 0.5) is 17.1 Å². The summed E-state index contributed by atoms with van der Waals surface area (Å²) in [6.45, 7) is 0.0539. The minimum Gasteiger partial charge on any atom is -0.493 e. The van der Waals surface area contributed by atoms with Crippen LogP contribution in [0.1, 0.15) is 11.1 Å². The first-order valence-corrected chi connectivity index (χ1v) is 11.2. The second kappa shape index (κ2) is 11.8. The molecule has 36 heavy (non-hydrogen) atoms. The van der Waals surface area contributed by atoms with Crippen molar-refractivity contribution in [1.29, 1.82) is 5.26 Å². The number of hydrogen-bond donors (Lipinski definition) is 1. The number of methoxy groups -OCH3 is 1. The Kier molecular flexibility index (Phi) is 8.52. The molecule has 11 nitrogen and oxygen atoms in total. The number of benzene rings is 3. The molecule has 1 amide bonds. The van der Waals surface area contributed by atoms with Gasteiger partial charge in [-0.05, 0) is 58.0 Å². The van der Waals surface area contributed by atoms with E-state index in [1.807, 2.05) is 28.7 Å². The Bertz CT molecular complexity index is 1420. The molecule has 3 aromatic carbocycles. The molecule has 0 atom stereocenters. The normalized spacial score (nSPS) is 10.8. The van der Waals surface area contributed by atoms with Crippen LogP contribution in [0.2, 0.25) is 0 Å². The lowest BCUT2D eigenvalue weighted by Crippen LogP contribution is -2.13. The second-order valence-electron chi connectivity index (χ2n) is 7.18. The van der Waals surface area contributed by atoms with Gasteiger partial charge < -0.3 is 14.8 Å². The number of nitriles is 1. The van der Waals surface area contributed by atoms with Crippen molar-refractivity contribution < 1.29 is 24.1 Å². The molecule has 3 rings (SSSR count). The van der Waals surface area contributed by atoms with E-state index in [-0.39, 0.29) is 29.2 Å². The van der Waals surface area contributed by atoms with Gasteiger partial charge in [-0.3, -0.25) is 25.0 Å². The van der Waals surface area contributed by atoms with Gasteiger partial charge >= 0.3 is 0 Å². The SMILES string of the molecule is COc1cc(/C=C(\C#N)C(=O)Nc2cccc([N+](=O)[O-])c2)cc(I)c1OCc1cccc([N+](=O)[O-])c1. The average Bonchev–Trinajstić information content (AvgIpc) is 2.86. The maximum atomic E-state index is 12.6. The molecule has 1 N–H and O–H groups in total. The highest BCUT2D eigenvalue weighted by atomic mass is 127. The maximum absolute atomic E-state index is 12.6. The third-order valence-corrected chi connectivity index (χ3v) is 5.55. The molecule has 0 aliphatic carbocycles. The predicted octanol–water partition coefficient (Wildman–Crippen LogP) is 5.24. The number of halogens is 1. The summed E-state index contributed by atoms with van der Waals surface area (Å²) >= 11 is 2.01. The van der Waals surface area contributed by atoms with Crippen LogP contribution in [0.5, 0.6) is 11.5 Å². The topological polar surface area (TPSA) is 158 Å². The minimum absolute atomic E-state index is 0.0503. The minimum atomic E-state index is -0.738. The van der Waals surface area contributed by atoms with Gasteiger partial charge in [-0.25, -0.2) is 0 Å². The molecule has 0 bridgehead atoms. The zero-order valence-corrected chi connectivity index (χ0v) is 20.8. The average molecular weight is 600 g/mol. The summed E-state index contributed by atoms with van der Waals surface area (Å²) < 4.78 is 11.9. The van der Waals surface area contributed by atoms with Crippen LogP contribution in [-0.4, -0.2) is 22.9 Å². The summed E-state index contributed by atoms with van der Waals surface area (Å²) in [5.74, 6) is -0.0192. The standard InChI is InChI=1S/C24H17IN4O7/c1-35-22-11-16(8-17(13-26)24(30)27-18-5-3-7-20(12-18)29(33)34)10-21(25)23(22)36-14-15-4-2-6-19(9-15)28(31)32/h2-12H,14H2,1H3,(H,27,30)/b17-8+. The summed E-state index contributed by atoms with van der Waals surface area (Å²) in [4.78, 5) is 33.4. The van der Waals surface area contributed by atoms with Crippen molar-refractivity contribution in [1.82, 2.24) is 0 Å². The van der Waals surface area contributed by atoms with Gasteiger partial charge in [0.05, 0.1) is 20.5 Å². The summed E-state index contributed by atoms with van der Waals surface area (Å²) in [6, 6.07) is 16.5. The molecule has 0 radical (unpaired) electrons. The van der Waals surface area contributed by atoms with E-state index in [1.54, 1.807) is 24.3 Å². The highest BCUT2D eigenvalue weighted by molar-refractivity contribution is 14.1. The molecule has 0 fully saturated rings. The first-order chi connectivity index (χ1) is 17.2. The van der Waals surface area contributed by atoms with E-state index in [1.165, 1.54) is 49.6 Å². The Morgan fingerprint density at radius 1 is 1.08 bits per heavy atom. The molecule has 182 valence electrons. The number of anilines is 1. The van der Waals surface area contributed by atoms with E-state index < -0.39 is 15.8 Å². The van der Waals surface area contributed by atoms with Crippen LogP contribution < -0.4 is 14.8 Å². The zero-order chi connectivity index (χ0) is 26.2. The maximum Gasteiger partial charge on any atom is 0.271 e. The molecule has 0 aromatic heterocycles. The number of nitro groups is 2. The quantitative estimate of drug-likeness (QED) is 0.115. The summed E-state index contributed by atoms with van der Waals surface area (Å²) in [5, 5.41) is 33.9. The molecule has 0 aliphatic heterocycles. The van der Waals surface area contributed by atoms with Crippen LogP contribution in [0.3, 0.4) is 0 Å². The lowest BCUT2D eigenvalue weighted by atomic mass is 10.1. The third-order valence-electron chi connectivity index (χ3n) is 4.75. The van der Waals surface area contributed by atoms with Gasteiger partial charge in [-0.1, -0.05) is 18.2 Å². The van der Waals surface area contributed by atoms with Crippen molar-refractivity contribution in [2.24, 2.45) is 0 Å². The Balaban J connectivity index is 1.82. The molecule has 12 heteroatoms. The second-order valence-corrected chi connectivity index (χ2v) is 8.34. The number of carbonyl (C=O) groups is 1. The fourth-order valence-corrected chi connectivity index (χ4v) is 3.87. The molecular weight excluding hydrogens is 583 g/mol. The van der Waals surface area contributed by atoms with E-state index in [2.05, 4.69) is 5.32 Å². The fourth-order valence-electron chi connectivity index (χ4n) is 3.09. The van der Waals surface area contributed by atoms with Crippen LogP contribution in [-0.2, 0) is 11.4 Å². The number of carbonyl (C=O) groups excluding carboxylic acids is 1. The highest BCUT2D eigenvalue weighted by Crippen LogP contribution is 2.35. The van der Waals surface area contributed by atoms with Crippen LogP contribution in [0.25, 0.3) is 6.08 Å². The summed E-state index contributed by atoms with van der Waals surface area (Å²) in [5.41, 5.74) is 0.762. The molecule has 0 spiro atoms. The summed E-state index contributed by atoms with van der Waals surface area (Å²) in [6.07, 6.45) is 1.35. The fraction of sp³-hybridized carbons (Fsp3) is 0.0833. The van der Waals surface area contributed by atoms with Gasteiger partial charge in [0.1, 0.15) is 18.2 Å². The Hall–Kier alpha value is -4.51. The van der Waals surface area contributed by atoms with Crippen molar-refractivity contribution in [2.75, 3.05) is 12.4 Å². The van der Waals surface area contributed by atoms with Crippen LogP contribution in [0, 0.1) is 35.1 Å².